The third-order valence-corrected chi connectivity index (χ3v) is 3.98. The predicted octanol–water partition coefficient (Wildman–Crippen LogP) is 2.26. The van der Waals surface area contributed by atoms with Crippen molar-refractivity contribution in [3.05, 3.63) is 28.7 Å². The number of nitrogens with two attached hydrogens (primary N) is 1. The fraction of sp³-hybridized carbons (Fsp3) is 0.455. The molecule has 4 heteroatoms. The van der Waals surface area contributed by atoms with Crippen molar-refractivity contribution in [2.45, 2.75) is 6.04 Å². The minimum absolute atomic E-state index is 0. The fourth-order valence-corrected chi connectivity index (χ4v) is 2.70. The lowest BCUT2D eigenvalue weighted by molar-refractivity contribution is 0.743. The zero-order chi connectivity index (χ0) is 9.71. The Morgan fingerprint density at radius 3 is 2.20 bits per heavy atom. The quantitative estimate of drug-likeness (QED) is 0.859. The van der Waals surface area contributed by atoms with E-state index in [1.54, 1.807) is 0 Å². The van der Waals surface area contributed by atoms with Gasteiger partial charge in [-0.3, -0.25) is 0 Å². The number of halogens is 2. The average molecular weight is 290 g/mol. The van der Waals surface area contributed by atoms with E-state index in [-0.39, 0.29) is 12.4 Å². The second-order valence-electron chi connectivity index (χ2n) is 4.29. The first-order chi connectivity index (χ1) is 6.75. The van der Waals surface area contributed by atoms with Crippen molar-refractivity contribution in [2.75, 3.05) is 18.0 Å². The maximum Gasteiger partial charge on any atom is 0.0367 e. The van der Waals surface area contributed by atoms with E-state index in [4.69, 9.17) is 5.73 Å². The second-order valence-corrected chi connectivity index (χ2v) is 5.20. The molecule has 1 aliphatic carbocycles. The van der Waals surface area contributed by atoms with E-state index in [0.717, 1.165) is 29.4 Å². The summed E-state index contributed by atoms with van der Waals surface area (Å²) in [4.78, 5) is 2.44. The van der Waals surface area contributed by atoms with Crippen LogP contribution < -0.4 is 10.6 Å². The highest BCUT2D eigenvalue weighted by atomic mass is 79.9. The standard InChI is InChI=1S/C11H13BrN2.ClH/c12-7-1-3-8(4-2-7)14-5-9-10(6-14)11(9)13;/h1-4,9-11H,5-6,13H2;1H. The van der Waals surface area contributed by atoms with Crippen LogP contribution in [0.3, 0.4) is 0 Å². The van der Waals surface area contributed by atoms with Gasteiger partial charge in [-0.25, -0.2) is 0 Å². The predicted molar refractivity (Wildman–Crippen MR) is 68.6 cm³/mol. The maximum absolute atomic E-state index is 5.90. The number of anilines is 1. The highest BCUT2D eigenvalue weighted by molar-refractivity contribution is 9.10. The summed E-state index contributed by atoms with van der Waals surface area (Å²) in [5.41, 5.74) is 7.23. The molecule has 1 saturated carbocycles. The van der Waals surface area contributed by atoms with Crippen LogP contribution >= 0.6 is 28.3 Å². The van der Waals surface area contributed by atoms with E-state index < -0.39 is 0 Å². The largest absolute Gasteiger partial charge is 0.371 e. The van der Waals surface area contributed by atoms with Crippen LogP contribution in [0.25, 0.3) is 0 Å². The molecule has 0 aromatic heterocycles. The molecule has 0 radical (unpaired) electrons. The molecule has 0 spiro atoms. The van der Waals surface area contributed by atoms with Gasteiger partial charge in [0.1, 0.15) is 0 Å². The lowest BCUT2D eigenvalue weighted by Crippen LogP contribution is -2.27. The summed E-state index contributed by atoms with van der Waals surface area (Å²) in [5, 5.41) is 0. The maximum atomic E-state index is 5.90. The van der Waals surface area contributed by atoms with Gasteiger partial charge in [-0.05, 0) is 36.1 Å². The monoisotopic (exact) mass is 288 g/mol. The Morgan fingerprint density at radius 2 is 1.67 bits per heavy atom. The molecule has 3 rings (SSSR count). The molecule has 1 heterocycles. The van der Waals surface area contributed by atoms with Gasteiger partial charge in [0.25, 0.3) is 0 Å². The molecule has 82 valence electrons. The van der Waals surface area contributed by atoms with Gasteiger partial charge in [-0.2, -0.15) is 0 Å². The number of fused-ring (bicyclic) bond motifs is 1. The molecule has 1 aromatic carbocycles. The Labute approximate surface area is 104 Å². The molecule has 2 aliphatic rings. The number of benzene rings is 1. The third kappa shape index (κ3) is 1.88. The Hall–Kier alpha value is -0.250. The van der Waals surface area contributed by atoms with Crippen LogP contribution in [0.2, 0.25) is 0 Å². The topological polar surface area (TPSA) is 29.3 Å². The Kier molecular flexibility index (Phi) is 2.97. The Bertz CT molecular complexity index is 342. The molecule has 0 bridgehead atoms. The van der Waals surface area contributed by atoms with Gasteiger partial charge < -0.3 is 10.6 Å². The smallest absolute Gasteiger partial charge is 0.0367 e. The van der Waals surface area contributed by atoms with Crippen molar-refractivity contribution in [1.82, 2.24) is 0 Å². The SMILES string of the molecule is Cl.NC1C2CN(c3ccc(Br)cc3)CC12. The van der Waals surface area contributed by atoms with Gasteiger partial charge in [0.2, 0.25) is 0 Å². The Balaban J connectivity index is 0.000000853. The summed E-state index contributed by atoms with van der Waals surface area (Å²) < 4.78 is 1.14. The van der Waals surface area contributed by atoms with Crippen molar-refractivity contribution in [3.8, 4) is 0 Å². The van der Waals surface area contributed by atoms with Crippen molar-refractivity contribution < 1.29 is 0 Å². The highest BCUT2D eigenvalue weighted by Crippen LogP contribution is 2.45. The summed E-state index contributed by atoms with van der Waals surface area (Å²) in [6.45, 7) is 2.29. The molecule has 2 atom stereocenters. The normalized spacial score (nSPS) is 32.1. The second kappa shape index (κ2) is 3.96. The van der Waals surface area contributed by atoms with Crippen LogP contribution in [0.4, 0.5) is 5.69 Å². The lowest BCUT2D eigenvalue weighted by atomic mass is 10.3. The Morgan fingerprint density at radius 1 is 1.13 bits per heavy atom. The van der Waals surface area contributed by atoms with Gasteiger partial charge in [0.15, 0.2) is 0 Å². The van der Waals surface area contributed by atoms with Crippen LogP contribution in [0.15, 0.2) is 28.7 Å². The summed E-state index contributed by atoms with van der Waals surface area (Å²) in [7, 11) is 0. The van der Waals surface area contributed by atoms with Crippen LogP contribution in [-0.4, -0.2) is 19.1 Å². The summed E-state index contributed by atoms with van der Waals surface area (Å²) >= 11 is 3.45. The van der Waals surface area contributed by atoms with E-state index in [9.17, 15) is 0 Å². The van der Waals surface area contributed by atoms with Gasteiger partial charge in [0.05, 0.1) is 0 Å². The molecule has 1 aromatic rings. The van der Waals surface area contributed by atoms with E-state index in [1.165, 1.54) is 5.69 Å². The lowest BCUT2D eigenvalue weighted by Gasteiger charge is -2.21. The average Bonchev–Trinajstić information content (AvgIpc) is 2.66. The van der Waals surface area contributed by atoms with Crippen LogP contribution in [0, 0.1) is 11.8 Å². The van der Waals surface area contributed by atoms with Crippen LogP contribution in [0.5, 0.6) is 0 Å². The number of piperidine rings is 1. The van der Waals surface area contributed by atoms with E-state index in [1.807, 2.05) is 0 Å². The minimum atomic E-state index is 0. The molecule has 2 fully saturated rings. The molecule has 0 amide bonds. The van der Waals surface area contributed by atoms with Crippen LogP contribution in [0.1, 0.15) is 0 Å². The van der Waals surface area contributed by atoms with Crippen molar-refractivity contribution in [2.24, 2.45) is 17.6 Å². The first kappa shape index (κ1) is 11.2. The van der Waals surface area contributed by atoms with Gasteiger partial charge in [0, 0.05) is 29.3 Å². The molecular weight excluding hydrogens is 275 g/mol. The number of nitrogens with zero attached hydrogens (tertiary/aromatic N) is 1. The zero-order valence-corrected chi connectivity index (χ0v) is 10.7. The summed E-state index contributed by atoms with van der Waals surface area (Å²) in [6.07, 6.45) is 0. The van der Waals surface area contributed by atoms with E-state index in [2.05, 4.69) is 45.1 Å². The zero-order valence-electron chi connectivity index (χ0n) is 8.27. The first-order valence-electron chi connectivity index (χ1n) is 5.02. The summed E-state index contributed by atoms with van der Waals surface area (Å²) in [5.74, 6) is 1.53. The number of hydrogen-bond acceptors (Lipinski definition) is 2. The molecule has 1 aliphatic heterocycles. The van der Waals surface area contributed by atoms with Gasteiger partial charge in [-0.15, -0.1) is 12.4 Å². The first-order valence-corrected chi connectivity index (χ1v) is 5.81. The van der Waals surface area contributed by atoms with E-state index >= 15 is 0 Å². The molecule has 2 N–H and O–H groups in total. The van der Waals surface area contributed by atoms with Crippen molar-refractivity contribution in [1.29, 1.82) is 0 Å². The van der Waals surface area contributed by atoms with Gasteiger partial charge in [-0.1, -0.05) is 15.9 Å². The number of hydrogen-bond donors (Lipinski definition) is 1. The van der Waals surface area contributed by atoms with E-state index in [0.29, 0.717) is 6.04 Å². The molecule has 2 unspecified atom stereocenters. The fourth-order valence-electron chi connectivity index (χ4n) is 2.44. The van der Waals surface area contributed by atoms with Crippen molar-refractivity contribution >= 4 is 34.0 Å². The number of rotatable bonds is 1. The van der Waals surface area contributed by atoms with Crippen LogP contribution in [-0.2, 0) is 0 Å². The van der Waals surface area contributed by atoms with Crippen molar-refractivity contribution in [3.63, 3.8) is 0 Å². The minimum Gasteiger partial charge on any atom is -0.371 e. The third-order valence-electron chi connectivity index (χ3n) is 3.45. The van der Waals surface area contributed by atoms with Gasteiger partial charge >= 0.3 is 0 Å². The molecular formula is C11H14BrClN2. The summed E-state index contributed by atoms with van der Waals surface area (Å²) in [6, 6.07) is 9.01. The molecule has 1 saturated heterocycles. The molecule has 2 nitrogen and oxygen atoms in total. The molecule has 15 heavy (non-hydrogen) atoms. The highest BCUT2D eigenvalue weighted by Gasteiger charge is 2.53.